The first-order valence-electron chi connectivity index (χ1n) is 10.3. The molecule has 0 saturated heterocycles. The molecule has 1 aromatic heterocycles. The summed E-state index contributed by atoms with van der Waals surface area (Å²) in [5, 5.41) is 10.9. The van der Waals surface area contributed by atoms with Crippen molar-refractivity contribution >= 4 is 0 Å². The smallest absolute Gasteiger partial charge is 0.347 e. The molecule has 4 heteroatoms. The maximum atomic E-state index is 13.0. The van der Waals surface area contributed by atoms with Crippen LogP contribution in [0.1, 0.15) is 68.8 Å². The Kier molecular flexibility index (Phi) is 5.05. The highest BCUT2D eigenvalue weighted by molar-refractivity contribution is 5.38. The van der Waals surface area contributed by atoms with Gasteiger partial charge in [0.2, 0.25) is 0 Å². The van der Waals surface area contributed by atoms with E-state index in [0.717, 1.165) is 37.9 Å². The van der Waals surface area contributed by atoms with Gasteiger partial charge in [-0.25, -0.2) is 4.79 Å². The number of allylic oxidation sites excluding steroid dienone is 1. The fraction of sp³-hybridized carbons (Fsp3) is 0.458. The van der Waals surface area contributed by atoms with Gasteiger partial charge in [0.15, 0.2) is 0 Å². The average molecular weight is 380 g/mol. The van der Waals surface area contributed by atoms with Crippen LogP contribution in [0, 0.1) is 5.92 Å². The van der Waals surface area contributed by atoms with Gasteiger partial charge in [-0.2, -0.15) is 0 Å². The Morgan fingerprint density at radius 3 is 2.57 bits per heavy atom. The van der Waals surface area contributed by atoms with Crippen LogP contribution in [0.2, 0.25) is 0 Å². The van der Waals surface area contributed by atoms with E-state index in [1.807, 2.05) is 31.2 Å². The second kappa shape index (κ2) is 7.50. The first-order valence-corrected chi connectivity index (χ1v) is 10.3. The molecule has 1 aliphatic carbocycles. The highest BCUT2D eigenvalue weighted by atomic mass is 16.5. The van der Waals surface area contributed by atoms with Crippen molar-refractivity contribution in [2.24, 2.45) is 5.92 Å². The summed E-state index contributed by atoms with van der Waals surface area (Å²) in [5.74, 6) is 1.94. The highest BCUT2D eigenvalue weighted by Crippen LogP contribution is 2.49. The van der Waals surface area contributed by atoms with E-state index in [1.165, 1.54) is 5.56 Å². The summed E-state index contributed by atoms with van der Waals surface area (Å²) in [6, 6.07) is 11.8. The van der Waals surface area contributed by atoms with E-state index in [9.17, 15) is 9.90 Å². The van der Waals surface area contributed by atoms with Crippen molar-refractivity contribution in [3.05, 3.63) is 75.5 Å². The van der Waals surface area contributed by atoms with E-state index in [1.54, 1.807) is 6.07 Å². The van der Waals surface area contributed by atoms with Crippen LogP contribution in [-0.4, -0.2) is 5.11 Å². The molecular formula is C24H28O4. The van der Waals surface area contributed by atoms with Crippen LogP contribution in [0.25, 0.3) is 0 Å². The zero-order valence-corrected chi connectivity index (χ0v) is 16.6. The largest absolute Gasteiger partial charge is 0.507 e. The van der Waals surface area contributed by atoms with E-state index in [-0.39, 0.29) is 17.2 Å². The van der Waals surface area contributed by atoms with Crippen molar-refractivity contribution < 1.29 is 14.3 Å². The Labute approximate surface area is 165 Å². The highest BCUT2D eigenvalue weighted by Gasteiger charge is 2.46. The molecule has 1 saturated carbocycles. The van der Waals surface area contributed by atoms with Crippen LogP contribution in [0.4, 0.5) is 0 Å². The van der Waals surface area contributed by atoms with Gasteiger partial charge in [-0.1, -0.05) is 50.1 Å². The topological polar surface area (TPSA) is 59.7 Å². The normalized spacial score (nSPS) is 22.6. The number of hydrogen-bond acceptors (Lipinski definition) is 4. The molecule has 4 rings (SSSR count). The molecule has 2 aromatic rings. The van der Waals surface area contributed by atoms with E-state index < -0.39 is 11.2 Å². The van der Waals surface area contributed by atoms with Gasteiger partial charge in [-0.3, -0.25) is 0 Å². The molecule has 2 aliphatic rings. The Hall–Kier alpha value is -2.49. The lowest BCUT2D eigenvalue weighted by Gasteiger charge is -2.30. The predicted molar refractivity (Wildman–Crippen MR) is 108 cm³/mol. The number of aromatic hydroxyl groups is 1. The number of hydrogen-bond donors (Lipinski definition) is 1. The van der Waals surface area contributed by atoms with Gasteiger partial charge < -0.3 is 14.3 Å². The molecule has 4 nitrogen and oxygen atoms in total. The summed E-state index contributed by atoms with van der Waals surface area (Å²) in [4.78, 5) is 13.0. The fourth-order valence-corrected chi connectivity index (χ4v) is 4.33. The standard InChI is InChI=1S/C24H28O4/c1-3-19(13-17-7-5-4-6-8-17)21-14-20(25)22(23(26)27-21)24(15-18-9-10-18)12-11-16(2)28-24/h4-8,11,14,18-19,25H,3,9-10,12-13,15H2,1-2H3. The lowest BCUT2D eigenvalue weighted by molar-refractivity contribution is 0.00456. The molecule has 148 valence electrons. The zero-order valence-electron chi connectivity index (χ0n) is 16.6. The van der Waals surface area contributed by atoms with Crippen LogP contribution >= 0.6 is 0 Å². The van der Waals surface area contributed by atoms with Crippen molar-refractivity contribution in [1.29, 1.82) is 0 Å². The third-order valence-electron chi connectivity index (χ3n) is 6.02. The van der Waals surface area contributed by atoms with Crippen molar-refractivity contribution in [3.8, 4) is 5.75 Å². The van der Waals surface area contributed by atoms with Gasteiger partial charge in [0.25, 0.3) is 0 Å². The van der Waals surface area contributed by atoms with Crippen LogP contribution < -0.4 is 5.63 Å². The quantitative estimate of drug-likeness (QED) is 0.698. The monoisotopic (exact) mass is 380 g/mol. The minimum Gasteiger partial charge on any atom is -0.507 e. The lowest BCUT2D eigenvalue weighted by atomic mass is 9.85. The minimum atomic E-state index is -0.782. The van der Waals surface area contributed by atoms with Gasteiger partial charge in [0.05, 0.1) is 5.76 Å². The summed E-state index contributed by atoms with van der Waals surface area (Å²) in [6.07, 6.45) is 7.25. The van der Waals surface area contributed by atoms with Crippen molar-refractivity contribution in [2.45, 2.75) is 63.9 Å². The molecule has 0 spiro atoms. The van der Waals surface area contributed by atoms with Crippen LogP contribution in [-0.2, 0) is 16.8 Å². The van der Waals surface area contributed by atoms with Crippen LogP contribution in [0.5, 0.6) is 5.75 Å². The first-order chi connectivity index (χ1) is 13.5. The van der Waals surface area contributed by atoms with Crippen LogP contribution in [0.15, 0.2) is 57.4 Å². The van der Waals surface area contributed by atoms with E-state index in [4.69, 9.17) is 9.15 Å². The molecule has 0 amide bonds. The zero-order chi connectivity index (χ0) is 19.7. The average Bonchev–Trinajstić information content (AvgIpc) is 3.40. The molecule has 1 N–H and O–H groups in total. The van der Waals surface area contributed by atoms with Gasteiger partial charge in [0, 0.05) is 18.4 Å². The first kappa shape index (κ1) is 18.9. The predicted octanol–water partition coefficient (Wildman–Crippen LogP) is 5.40. The summed E-state index contributed by atoms with van der Waals surface area (Å²) in [7, 11) is 0. The second-order valence-corrected chi connectivity index (χ2v) is 8.25. The molecule has 2 heterocycles. The van der Waals surface area contributed by atoms with E-state index in [2.05, 4.69) is 19.1 Å². The van der Waals surface area contributed by atoms with Gasteiger partial charge in [-0.05, 0) is 43.7 Å². The van der Waals surface area contributed by atoms with E-state index >= 15 is 0 Å². The second-order valence-electron chi connectivity index (χ2n) is 8.25. The lowest BCUT2D eigenvalue weighted by Crippen LogP contribution is -2.32. The summed E-state index contributed by atoms with van der Waals surface area (Å²) in [6.45, 7) is 3.97. The van der Waals surface area contributed by atoms with Gasteiger partial charge in [0.1, 0.15) is 22.7 Å². The Morgan fingerprint density at radius 2 is 2.00 bits per heavy atom. The molecule has 2 atom stereocenters. The maximum absolute atomic E-state index is 13.0. The molecule has 0 radical (unpaired) electrons. The van der Waals surface area contributed by atoms with Gasteiger partial charge in [-0.15, -0.1) is 0 Å². The van der Waals surface area contributed by atoms with Crippen molar-refractivity contribution in [2.75, 3.05) is 0 Å². The summed E-state index contributed by atoms with van der Waals surface area (Å²) >= 11 is 0. The molecule has 2 unspecified atom stereocenters. The van der Waals surface area contributed by atoms with E-state index in [0.29, 0.717) is 18.1 Å². The Balaban J connectivity index is 1.66. The molecule has 1 fully saturated rings. The number of ether oxygens (including phenoxy) is 1. The Bertz CT molecular complexity index is 923. The number of rotatable bonds is 7. The number of benzene rings is 1. The fourth-order valence-electron chi connectivity index (χ4n) is 4.33. The molecular weight excluding hydrogens is 352 g/mol. The third kappa shape index (κ3) is 3.73. The minimum absolute atomic E-state index is 0.00140. The van der Waals surface area contributed by atoms with Crippen LogP contribution in [0.3, 0.4) is 0 Å². The molecule has 28 heavy (non-hydrogen) atoms. The maximum Gasteiger partial charge on any atom is 0.347 e. The SMILES string of the molecule is CCC(Cc1ccccc1)c1cc(O)c(C2(CC3CC3)CC=C(C)O2)c(=O)o1. The van der Waals surface area contributed by atoms with Crippen molar-refractivity contribution in [3.63, 3.8) is 0 Å². The Morgan fingerprint density at radius 1 is 1.25 bits per heavy atom. The third-order valence-corrected chi connectivity index (χ3v) is 6.02. The summed E-state index contributed by atoms with van der Waals surface area (Å²) < 4.78 is 11.9. The van der Waals surface area contributed by atoms with Gasteiger partial charge >= 0.3 is 5.63 Å². The molecule has 1 aliphatic heterocycles. The molecule has 0 bridgehead atoms. The molecule has 1 aromatic carbocycles. The summed E-state index contributed by atoms with van der Waals surface area (Å²) in [5.41, 5.74) is 0.219. The van der Waals surface area contributed by atoms with Crippen molar-refractivity contribution in [1.82, 2.24) is 0 Å².